The number of aldehydes is 1. The molecule has 0 fully saturated rings. The van der Waals surface area contributed by atoms with Gasteiger partial charge < -0.3 is 15.0 Å². The van der Waals surface area contributed by atoms with E-state index in [2.05, 4.69) is 0 Å². The smallest absolute Gasteiger partial charge is 0.161 e. The predicted octanol–water partition coefficient (Wildman–Crippen LogP) is -1.50. The highest BCUT2D eigenvalue weighted by Crippen LogP contribution is 1.87. The molecule has 1 atom stereocenters. The van der Waals surface area contributed by atoms with Crippen LogP contribution < -0.4 is 0 Å². The molecule has 0 aliphatic carbocycles. The second-order valence-corrected chi connectivity index (χ2v) is 1.60. The Hall–Kier alpha value is -0.740. The van der Waals surface area contributed by atoms with Gasteiger partial charge in [0.05, 0.1) is 0 Å². The van der Waals surface area contributed by atoms with Gasteiger partial charge in [0.15, 0.2) is 5.78 Å². The second kappa shape index (κ2) is 4.17. The van der Waals surface area contributed by atoms with Crippen molar-refractivity contribution < 1.29 is 19.8 Å². The average Bonchev–Trinajstić information content (AvgIpc) is 1.87. The number of hydrogen-bond acceptors (Lipinski definition) is 4. The SMILES string of the molecule is O=C[C@H](O)CC(=O)CO. The van der Waals surface area contributed by atoms with Crippen molar-refractivity contribution in [2.45, 2.75) is 12.5 Å². The van der Waals surface area contributed by atoms with Crippen molar-refractivity contribution in [3.05, 3.63) is 0 Å². The molecule has 0 spiro atoms. The Morgan fingerprint density at radius 2 is 2.22 bits per heavy atom. The first-order valence-electron chi connectivity index (χ1n) is 2.46. The molecule has 0 saturated heterocycles. The van der Waals surface area contributed by atoms with Crippen molar-refractivity contribution in [2.24, 2.45) is 0 Å². The van der Waals surface area contributed by atoms with E-state index in [1.807, 2.05) is 0 Å². The molecule has 0 aliphatic heterocycles. The van der Waals surface area contributed by atoms with Crippen LogP contribution in [0.15, 0.2) is 0 Å². The number of carbonyl (C=O) groups is 2. The Kier molecular flexibility index (Phi) is 3.83. The lowest BCUT2D eigenvalue weighted by molar-refractivity contribution is -0.127. The first-order valence-corrected chi connectivity index (χ1v) is 2.46. The van der Waals surface area contributed by atoms with Gasteiger partial charge in [-0.05, 0) is 0 Å². The summed E-state index contributed by atoms with van der Waals surface area (Å²) in [6.45, 7) is -0.620. The Balaban J connectivity index is 3.46. The topological polar surface area (TPSA) is 74.6 Å². The van der Waals surface area contributed by atoms with E-state index < -0.39 is 18.5 Å². The maximum atomic E-state index is 10.2. The van der Waals surface area contributed by atoms with Crippen LogP contribution in [0, 0.1) is 0 Å². The molecule has 0 heterocycles. The molecular weight excluding hydrogens is 124 g/mol. The molecule has 0 aromatic carbocycles. The minimum Gasteiger partial charge on any atom is -0.389 e. The maximum Gasteiger partial charge on any atom is 0.161 e. The quantitative estimate of drug-likeness (QED) is 0.456. The molecule has 0 rings (SSSR count). The van der Waals surface area contributed by atoms with Gasteiger partial charge in [-0.15, -0.1) is 0 Å². The zero-order valence-electron chi connectivity index (χ0n) is 4.78. The number of aliphatic hydroxyl groups excluding tert-OH is 2. The van der Waals surface area contributed by atoms with Gasteiger partial charge in [-0.2, -0.15) is 0 Å². The molecule has 9 heavy (non-hydrogen) atoms. The fraction of sp³-hybridized carbons (Fsp3) is 0.600. The third kappa shape index (κ3) is 3.81. The molecule has 0 aliphatic rings. The summed E-state index contributed by atoms with van der Waals surface area (Å²) < 4.78 is 0. The van der Waals surface area contributed by atoms with E-state index in [1.54, 1.807) is 0 Å². The van der Waals surface area contributed by atoms with Gasteiger partial charge in [0.2, 0.25) is 0 Å². The third-order valence-electron chi connectivity index (χ3n) is 0.770. The molecule has 0 radical (unpaired) electrons. The molecule has 0 unspecified atom stereocenters. The summed E-state index contributed by atoms with van der Waals surface area (Å²) in [6, 6.07) is 0. The minimum atomic E-state index is -1.26. The van der Waals surface area contributed by atoms with Gasteiger partial charge in [0, 0.05) is 6.42 Å². The van der Waals surface area contributed by atoms with E-state index in [4.69, 9.17) is 10.2 Å². The Bertz CT molecular complexity index is 110. The van der Waals surface area contributed by atoms with Crippen LogP contribution in [0.4, 0.5) is 0 Å². The van der Waals surface area contributed by atoms with Crippen LogP contribution in [0.1, 0.15) is 6.42 Å². The summed E-state index contributed by atoms with van der Waals surface area (Å²) >= 11 is 0. The molecule has 0 saturated carbocycles. The van der Waals surface area contributed by atoms with Crippen molar-refractivity contribution in [1.82, 2.24) is 0 Å². The fourth-order valence-electron chi connectivity index (χ4n) is 0.346. The first-order chi connectivity index (χ1) is 4.20. The summed E-state index contributed by atoms with van der Waals surface area (Å²) in [6.07, 6.45) is -1.29. The highest BCUT2D eigenvalue weighted by molar-refractivity contribution is 5.82. The average molecular weight is 132 g/mol. The summed E-state index contributed by atoms with van der Waals surface area (Å²) in [5.74, 6) is -0.533. The number of rotatable bonds is 4. The summed E-state index contributed by atoms with van der Waals surface area (Å²) in [5, 5.41) is 16.6. The maximum absolute atomic E-state index is 10.2. The van der Waals surface area contributed by atoms with E-state index in [9.17, 15) is 9.59 Å². The zero-order valence-corrected chi connectivity index (χ0v) is 4.78. The third-order valence-corrected chi connectivity index (χ3v) is 0.770. The number of Topliss-reactive ketones (excluding diaryl/α,β-unsaturated/α-hetero) is 1. The van der Waals surface area contributed by atoms with Crippen molar-refractivity contribution in [3.8, 4) is 0 Å². The molecule has 0 amide bonds. The van der Waals surface area contributed by atoms with Crippen molar-refractivity contribution in [1.29, 1.82) is 0 Å². The normalized spacial score (nSPS) is 12.7. The van der Waals surface area contributed by atoms with E-state index in [-0.39, 0.29) is 12.7 Å². The van der Waals surface area contributed by atoms with Crippen molar-refractivity contribution in [2.75, 3.05) is 6.61 Å². The Morgan fingerprint density at radius 1 is 1.67 bits per heavy atom. The fourth-order valence-corrected chi connectivity index (χ4v) is 0.346. The highest BCUT2D eigenvalue weighted by atomic mass is 16.3. The van der Waals surface area contributed by atoms with Crippen LogP contribution in [0.3, 0.4) is 0 Å². The van der Waals surface area contributed by atoms with Crippen LogP contribution in [-0.2, 0) is 9.59 Å². The Labute approximate surface area is 52.1 Å². The highest BCUT2D eigenvalue weighted by Gasteiger charge is 2.06. The van der Waals surface area contributed by atoms with Crippen LogP contribution in [0.2, 0.25) is 0 Å². The van der Waals surface area contributed by atoms with Crippen LogP contribution in [-0.4, -0.2) is 35.0 Å². The van der Waals surface area contributed by atoms with E-state index in [0.29, 0.717) is 0 Å². The molecule has 2 N–H and O–H groups in total. The largest absolute Gasteiger partial charge is 0.389 e. The number of aliphatic hydroxyl groups is 2. The van der Waals surface area contributed by atoms with Gasteiger partial charge in [-0.1, -0.05) is 0 Å². The summed E-state index contributed by atoms with van der Waals surface area (Å²) in [4.78, 5) is 19.9. The predicted molar refractivity (Wildman–Crippen MR) is 28.8 cm³/mol. The van der Waals surface area contributed by atoms with Gasteiger partial charge >= 0.3 is 0 Å². The number of carbonyl (C=O) groups excluding carboxylic acids is 2. The lowest BCUT2D eigenvalue weighted by Crippen LogP contribution is -2.16. The molecule has 52 valence electrons. The lowest BCUT2D eigenvalue weighted by atomic mass is 10.2. The summed E-state index contributed by atoms with van der Waals surface area (Å²) in [7, 11) is 0. The second-order valence-electron chi connectivity index (χ2n) is 1.60. The first kappa shape index (κ1) is 8.26. The van der Waals surface area contributed by atoms with Crippen LogP contribution in [0.25, 0.3) is 0 Å². The van der Waals surface area contributed by atoms with Gasteiger partial charge in [0.1, 0.15) is 19.0 Å². The molecule has 0 aromatic rings. The molecule has 4 heteroatoms. The van der Waals surface area contributed by atoms with Crippen LogP contribution >= 0.6 is 0 Å². The van der Waals surface area contributed by atoms with E-state index in [1.165, 1.54) is 0 Å². The monoisotopic (exact) mass is 132 g/mol. The summed E-state index contributed by atoms with van der Waals surface area (Å²) in [5.41, 5.74) is 0. The number of ketones is 1. The molecule has 0 aromatic heterocycles. The number of hydrogen-bond donors (Lipinski definition) is 2. The van der Waals surface area contributed by atoms with Gasteiger partial charge in [0.25, 0.3) is 0 Å². The minimum absolute atomic E-state index is 0.258. The molecular formula is C5H8O4. The van der Waals surface area contributed by atoms with Crippen molar-refractivity contribution >= 4 is 12.1 Å². The van der Waals surface area contributed by atoms with Crippen LogP contribution in [0.5, 0.6) is 0 Å². The van der Waals surface area contributed by atoms with Gasteiger partial charge in [-0.25, -0.2) is 0 Å². The van der Waals surface area contributed by atoms with Gasteiger partial charge in [-0.3, -0.25) is 4.79 Å². The van der Waals surface area contributed by atoms with E-state index in [0.717, 1.165) is 0 Å². The lowest BCUT2D eigenvalue weighted by Gasteiger charge is -1.96. The molecule has 0 bridgehead atoms. The van der Waals surface area contributed by atoms with E-state index >= 15 is 0 Å². The zero-order chi connectivity index (χ0) is 7.28. The molecule has 4 nitrogen and oxygen atoms in total. The Morgan fingerprint density at radius 3 is 2.56 bits per heavy atom. The standard InChI is InChI=1S/C5H8O4/c6-2-4(8)1-5(9)3-7/h2,4,7-8H,1,3H2/t4-/m1/s1. The van der Waals surface area contributed by atoms with Crippen molar-refractivity contribution in [3.63, 3.8) is 0 Å².